The maximum atomic E-state index is 12.8. The van der Waals surface area contributed by atoms with Gasteiger partial charge in [-0.1, -0.05) is 26.0 Å². The van der Waals surface area contributed by atoms with Gasteiger partial charge in [-0.15, -0.1) is 0 Å². The van der Waals surface area contributed by atoms with E-state index in [9.17, 15) is 9.59 Å². The van der Waals surface area contributed by atoms with E-state index in [0.717, 1.165) is 25.7 Å². The normalized spacial score (nSPS) is 45.3. The van der Waals surface area contributed by atoms with Gasteiger partial charge in [0, 0.05) is 6.42 Å². The van der Waals surface area contributed by atoms with E-state index in [-0.39, 0.29) is 28.5 Å². The predicted molar refractivity (Wildman–Crippen MR) is 94.4 cm³/mol. The first-order valence-electron chi connectivity index (χ1n) is 9.60. The van der Waals surface area contributed by atoms with Crippen LogP contribution in [0.5, 0.6) is 0 Å². The molecule has 0 unspecified atom stereocenters. The Morgan fingerprint density at radius 1 is 1.17 bits per heavy atom. The van der Waals surface area contributed by atoms with Gasteiger partial charge in [0.15, 0.2) is 0 Å². The van der Waals surface area contributed by atoms with E-state index in [1.54, 1.807) is 0 Å². The van der Waals surface area contributed by atoms with Gasteiger partial charge in [0.05, 0.1) is 6.61 Å². The molecule has 0 aromatic carbocycles. The van der Waals surface area contributed by atoms with E-state index in [2.05, 4.69) is 20.4 Å². The van der Waals surface area contributed by atoms with Gasteiger partial charge in [-0.3, -0.25) is 9.59 Å². The molecular formula is C21H32O3. The average molecular weight is 332 g/mol. The Balaban J connectivity index is 2.03. The molecule has 0 bridgehead atoms. The molecule has 3 aliphatic rings. The molecule has 0 aromatic heterocycles. The SMILES string of the molecule is C=C1CCC[C@@H]2[C@@]3(C)CCC(=O)[C@](C)(C(=O)OCC)[C@@H]3CC[C@@]12C. The van der Waals surface area contributed by atoms with E-state index in [0.29, 0.717) is 18.9 Å². The molecule has 3 aliphatic carbocycles. The van der Waals surface area contributed by atoms with Crippen LogP contribution in [0.2, 0.25) is 0 Å². The van der Waals surface area contributed by atoms with Gasteiger partial charge in [-0.2, -0.15) is 0 Å². The monoisotopic (exact) mass is 332 g/mol. The number of esters is 1. The fourth-order valence-electron chi connectivity index (χ4n) is 6.47. The number of ketones is 1. The van der Waals surface area contributed by atoms with Crippen LogP contribution in [0.25, 0.3) is 0 Å². The molecule has 0 radical (unpaired) electrons. The van der Waals surface area contributed by atoms with Crippen molar-refractivity contribution in [2.45, 2.75) is 72.6 Å². The fraction of sp³-hybridized carbons (Fsp3) is 0.810. The van der Waals surface area contributed by atoms with Crippen LogP contribution in [-0.4, -0.2) is 18.4 Å². The highest BCUT2D eigenvalue weighted by molar-refractivity contribution is 6.04. The summed E-state index contributed by atoms with van der Waals surface area (Å²) in [7, 11) is 0. The Labute approximate surface area is 146 Å². The zero-order chi connectivity index (χ0) is 17.8. The standard InChI is InChI=1S/C21H32O3/c1-6-24-18(23)21(5)16-10-12-19(3)14(2)8-7-9-15(19)20(16,4)13-11-17(21)22/h15-16H,2,6-13H2,1,3-5H3/t15-,16+,19-,20+,21+/m0/s1. The zero-order valence-electron chi connectivity index (χ0n) is 15.7. The summed E-state index contributed by atoms with van der Waals surface area (Å²) in [6.07, 6.45) is 6.87. The minimum atomic E-state index is -0.969. The van der Waals surface area contributed by atoms with Crippen molar-refractivity contribution < 1.29 is 14.3 Å². The highest BCUT2D eigenvalue weighted by Crippen LogP contribution is 2.67. The number of carbonyl (C=O) groups excluding carboxylic acids is 2. The minimum Gasteiger partial charge on any atom is -0.465 e. The van der Waals surface area contributed by atoms with Gasteiger partial charge in [-0.05, 0) is 75.0 Å². The van der Waals surface area contributed by atoms with Crippen molar-refractivity contribution in [2.24, 2.45) is 28.1 Å². The van der Waals surface area contributed by atoms with E-state index in [1.165, 1.54) is 18.4 Å². The Hall–Kier alpha value is -1.12. The van der Waals surface area contributed by atoms with Crippen LogP contribution >= 0.6 is 0 Å². The lowest BCUT2D eigenvalue weighted by atomic mass is 9.40. The highest BCUT2D eigenvalue weighted by atomic mass is 16.5. The lowest BCUT2D eigenvalue weighted by Crippen LogP contribution is -2.61. The second-order valence-electron chi connectivity index (χ2n) is 8.91. The third-order valence-corrected chi connectivity index (χ3v) is 7.96. The van der Waals surface area contributed by atoms with Gasteiger partial charge in [0.2, 0.25) is 0 Å². The number of allylic oxidation sites excluding steroid dienone is 1. The molecule has 0 saturated heterocycles. The Morgan fingerprint density at radius 2 is 1.88 bits per heavy atom. The summed E-state index contributed by atoms with van der Waals surface area (Å²) in [6.45, 7) is 13.1. The van der Waals surface area contributed by atoms with Gasteiger partial charge in [0.25, 0.3) is 0 Å². The molecule has 0 aromatic rings. The number of Topliss-reactive ketones (excluding diaryl/α,β-unsaturated/α-hetero) is 1. The molecule has 3 fully saturated rings. The van der Waals surface area contributed by atoms with Gasteiger partial charge >= 0.3 is 5.97 Å². The lowest BCUT2D eigenvalue weighted by Gasteiger charge is -2.63. The lowest BCUT2D eigenvalue weighted by molar-refractivity contribution is -0.184. The summed E-state index contributed by atoms with van der Waals surface area (Å²) in [6, 6.07) is 0. The third-order valence-electron chi connectivity index (χ3n) is 7.96. The molecule has 5 atom stereocenters. The maximum absolute atomic E-state index is 12.8. The molecule has 3 rings (SSSR count). The van der Waals surface area contributed by atoms with Crippen LogP contribution in [0.3, 0.4) is 0 Å². The van der Waals surface area contributed by atoms with Crippen LogP contribution in [-0.2, 0) is 14.3 Å². The zero-order valence-corrected chi connectivity index (χ0v) is 15.7. The van der Waals surface area contributed by atoms with Crippen molar-refractivity contribution in [3.8, 4) is 0 Å². The van der Waals surface area contributed by atoms with E-state index in [1.807, 2.05) is 13.8 Å². The first-order valence-corrected chi connectivity index (χ1v) is 9.60. The largest absolute Gasteiger partial charge is 0.465 e. The average Bonchev–Trinajstić information content (AvgIpc) is 2.53. The topological polar surface area (TPSA) is 43.4 Å². The van der Waals surface area contributed by atoms with Crippen molar-refractivity contribution >= 4 is 11.8 Å². The second-order valence-corrected chi connectivity index (χ2v) is 8.91. The molecule has 0 amide bonds. The quantitative estimate of drug-likeness (QED) is 0.418. The molecule has 24 heavy (non-hydrogen) atoms. The van der Waals surface area contributed by atoms with Crippen molar-refractivity contribution in [3.63, 3.8) is 0 Å². The van der Waals surface area contributed by atoms with Gasteiger partial charge < -0.3 is 4.74 Å². The number of carbonyl (C=O) groups is 2. The van der Waals surface area contributed by atoms with Gasteiger partial charge in [-0.25, -0.2) is 0 Å². The molecule has 3 heteroatoms. The highest BCUT2D eigenvalue weighted by Gasteiger charge is 2.65. The summed E-state index contributed by atoms with van der Waals surface area (Å²) in [5, 5.41) is 0. The number of rotatable bonds is 2. The fourth-order valence-corrected chi connectivity index (χ4v) is 6.47. The molecule has 134 valence electrons. The van der Waals surface area contributed by atoms with Crippen molar-refractivity contribution in [2.75, 3.05) is 6.61 Å². The van der Waals surface area contributed by atoms with Crippen LogP contribution in [0.15, 0.2) is 12.2 Å². The Morgan fingerprint density at radius 3 is 2.54 bits per heavy atom. The van der Waals surface area contributed by atoms with E-state index < -0.39 is 5.41 Å². The van der Waals surface area contributed by atoms with Crippen LogP contribution in [0.4, 0.5) is 0 Å². The molecule has 3 saturated carbocycles. The number of fused-ring (bicyclic) bond motifs is 3. The number of ether oxygens (including phenoxy) is 1. The Bertz CT molecular complexity index is 580. The predicted octanol–water partition coefficient (Wildman–Crippen LogP) is 4.70. The van der Waals surface area contributed by atoms with Crippen LogP contribution < -0.4 is 0 Å². The Kier molecular flexibility index (Phi) is 4.21. The summed E-state index contributed by atoms with van der Waals surface area (Å²) in [5.74, 6) is 0.395. The second kappa shape index (κ2) is 5.71. The van der Waals surface area contributed by atoms with E-state index in [4.69, 9.17) is 4.74 Å². The molecular weight excluding hydrogens is 300 g/mol. The summed E-state index contributed by atoms with van der Waals surface area (Å²) < 4.78 is 5.35. The van der Waals surface area contributed by atoms with Crippen molar-refractivity contribution in [1.29, 1.82) is 0 Å². The van der Waals surface area contributed by atoms with Gasteiger partial charge in [0.1, 0.15) is 11.2 Å². The van der Waals surface area contributed by atoms with Crippen molar-refractivity contribution in [3.05, 3.63) is 12.2 Å². The smallest absolute Gasteiger partial charge is 0.319 e. The molecule has 0 N–H and O–H groups in total. The van der Waals surface area contributed by atoms with E-state index >= 15 is 0 Å². The molecule has 0 heterocycles. The molecule has 3 nitrogen and oxygen atoms in total. The molecule has 0 aliphatic heterocycles. The van der Waals surface area contributed by atoms with Crippen LogP contribution in [0, 0.1) is 28.1 Å². The summed E-state index contributed by atoms with van der Waals surface area (Å²) >= 11 is 0. The summed E-state index contributed by atoms with van der Waals surface area (Å²) in [4.78, 5) is 25.6. The minimum absolute atomic E-state index is 0.0196. The van der Waals surface area contributed by atoms with Crippen LogP contribution in [0.1, 0.15) is 72.6 Å². The first-order chi connectivity index (χ1) is 11.2. The van der Waals surface area contributed by atoms with Crippen molar-refractivity contribution in [1.82, 2.24) is 0 Å². The molecule has 0 spiro atoms. The first kappa shape index (κ1) is 17.7. The maximum Gasteiger partial charge on any atom is 0.319 e. The number of hydrogen-bond acceptors (Lipinski definition) is 3. The third kappa shape index (κ3) is 2.16. The summed E-state index contributed by atoms with van der Waals surface area (Å²) in [5.41, 5.74) is 0.599. The number of hydrogen-bond donors (Lipinski definition) is 0.